The van der Waals surface area contributed by atoms with E-state index in [-0.39, 0.29) is 5.57 Å². The molecule has 0 aromatic carbocycles. The van der Waals surface area contributed by atoms with Gasteiger partial charge in [0.1, 0.15) is 0 Å². The predicted octanol–water partition coefficient (Wildman–Crippen LogP) is 6.12. The second kappa shape index (κ2) is 17.2. The molecule has 0 bridgehead atoms. The first-order valence-electron chi connectivity index (χ1n) is 9.87. The molecule has 0 atom stereocenters. The van der Waals surface area contributed by atoms with Gasteiger partial charge in [0.05, 0.1) is 6.42 Å². The van der Waals surface area contributed by atoms with Crippen molar-refractivity contribution < 1.29 is 19.8 Å². The molecule has 0 fully saturated rings. The van der Waals surface area contributed by atoms with Gasteiger partial charge in [-0.1, -0.05) is 70.1 Å². The normalized spacial score (nSPS) is 12.0. The number of rotatable bonds is 17. The standard InChI is InChI=1S/C21H36O4/c1-2-3-4-5-6-7-8-9-10-11-12-13-14-15-16-17-19(21(24)25)18-20(22)23/h9-10,17H,2-8,11-16,18H2,1H3,(H,22,23)(H,24,25)/b10-9-,19-17?. The van der Waals surface area contributed by atoms with Crippen molar-refractivity contribution in [3.63, 3.8) is 0 Å². The number of hydrogen-bond acceptors (Lipinski definition) is 2. The molecule has 0 aromatic rings. The first kappa shape index (κ1) is 23.4. The zero-order chi connectivity index (χ0) is 18.8. The minimum atomic E-state index is -1.13. The Morgan fingerprint density at radius 3 is 1.68 bits per heavy atom. The summed E-state index contributed by atoms with van der Waals surface area (Å²) >= 11 is 0. The van der Waals surface area contributed by atoms with Gasteiger partial charge in [0, 0.05) is 5.57 Å². The Balaban J connectivity index is 3.50. The number of unbranched alkanes of at least 4 members (excludes halogenated alkanes) is 11. The van der Waals surface area contributed by atoms with Crippen LogP contribution in [0.15, 0.2) is 23.8 Å². The molecule has 0 aliphatic carbocycles. The van der Waals surface area contributed by atoms with Crippen LogP contribution in [0.4, 0.5) is 0 Å². The summed E-state index contributed by atoms with van der Waals surface area (Å²) in [6.07, 6.45) is 21.0. The molecule has 0 unspecified atom stereocenters. The molecule has 0 amide bonds. The Hall–Kier alpha value is -1.58. The Kier molecular flexibility index (Phi) is 16.2. The van der Waals surface area contributed by atoms with E-state index in [9.17, 15) is 9.59 Å². The monoisotopic (exact) mass is 352 g/mol. The van der Waals surface area contributed by atoms with E-state index in [2.05, 4.69) is 19.1 Å². The maximum Gasteiger partial charge on any atom is 0.331 e. The summed E-state index contributed by atoms with van der Waals surface area (Å²) < 4.78 is 0. The van der Waals surface area contributed by atoms with E-state index in [0.717, 1.165) is 32.1 Å². The summed E-state index contributed by atoms with van der Waals surface area (Å²) in [7, 11) is 0. The number of carbonyl (C=O) groups is 2. The molecule has 0 saturated carbocycles. The first-order valence-corrected chi connectivity index (χ1v) is 9.87. The lowest BCUT2D eigenvalue weighted by atomic mass is 10.1. The van der Waals surface area contributed by atoms with Gasteiger partial charge in [0.15, 0.2) is 0 Å². The van der Waals surface area contributed by atoms with Crippen molar-refractivity contribution in [2.45, 2.75) is 96.8 Å². The van der Waals surface area contributed by atoms with Crippen molar-refractivity contribution in [3.05, 3.63) is 23.8 Å². The summed E-state index contributed by atoms with van der Waals surface area (Å²) in [4.78, 5) is 21.4. The van der Waals surface area contributed by atoms with Gasteiger partial charge in [0.2, 0.25) is 0 Å². The highest BCUT2D eigenvalue weighted by molar-refractivity contribution is 5.91. The highest BCUT2D eigenvalue weighted by atomic mass is 16.4. The third-order valence-electron chi connectivity index (χ3n) is 4.22. The maximum absolute atomic E-state index is 10.9. The van der Waals surface area contributed by atoms with Gasteiger partial charge in [-0.3, -0.25) is 4.79 Å². The smallest absolute Gasteiger partial charge is 0.331 e. The molecule has 4 nitrogen and oxygen atoms in total. The van der Waals surface area contributed by atoms with Crippen LogP contribution in [0.5, 0.6) is 0 Å². The maximum atomic E-state index is 10.9. The van der Waals surface area contributed by atoms with Gasteiger partial charge in [-0.15, -0.1) is 0 Å². The number of aliphatic carboxylic acids is 2. The van der Waals surface area contributed by atoms with Crippen LogP contribution in [0.2, 0.25) is 0 Å². The molecule has 0 heterocycles. The molecule has 0 spiro atoms. The molecule has 25 heavy (non-hydrogen) atoms. The van der Waals surface area contributed by atoms with E-state index < -0.39 is 18.4 Å². The summed E-state index contributed by atoms with van der Waals surface area (Å²) in [6, 6.07) is 0. The SMILES string of the molecule is CCCCCCCC/C=C\CCCCCCC=C(CC(=O)O)C(=O)O. The molecule has 0 saturated heterocycles. The van der Waals surface area contributed by atoms with Crippen LogP contribution >= 0.6 is 0 Å². The summed E-state index contributed by atoms with van der Waals surface area (Å²) in [5, 5.41) is 17.5. The van der Waals surface area contributed by atoms with E-state index >= 15 is 0 Å². The Labute approximate surface area is 153 Å². The zero-order valence-electron chi connectivity index (χ0n) is 15.8. The molecule has 4 heteroatoms. The van der Waals surface area contributed by atoms with E-state index in [4.69, 9.17) is 10.2 Å². The van der Waals surface area contributed by atoms with E-state index in [1.54, 1.807) is 6.08 Å². The molecule has 0 aromatic heterocycles. The van der Waals surface area contributed by atoms with Crippen LogP contribution in [0, 0.1) is 0 Å². The van der Waals surface area contributed by atoms with Crippen LogP contribution in [0.1, 0.15) is 96.8 Å². The number of hydrogen-bond donors (Lipinski definition) is 2. The van der Waals surface area contributed by atoms with Gasteiger partial charge in [-0.2, -0.15) is 0 Å². The average molecular weight is 353 g/mol. The molecular weight excluding hydrogens is 316 g/mol. The Morgan fingerprint density at radius 1 is 0.720 bits per heavy atom. The highest BCUT2D eigenvalue weighted by Crippen LogP contribution is 2.11. The molecular formula is C21H36O4. The minimum Gasteiger partial charge on any atom is -0.481 e. The highest BCUT2D eigenvalue weighted by Gasteiger charge is 2.10. The number of carboxylic acids is 2. The van der Waals surface area contributed by atoms with E-state index in [1.807, 2.05) is 0 Å². The number of carboxylic acid groups (broad SMARTS) is 2. The molecule has 2 N–H and O–H groups in total. The van der Waals surface area contributed by atoms with Crippen LogP contribution in [0.25, 0.3) is 0 Å². The van der Waals surface area contributed by atoms with Crippen molar-refractivity contribution in [2.24, 2.45) is 0 Å². The van der Waals surface area contributed by atoms with Crippen molar-refractivity contribution >= 4 is 11.9 Å². The van der Waals surface area contributed by atoms with Gasteiger partial charge >= 0.3 is 11.9 Å². The summed E-state index contributed by atoms with van der Waals surface area (Å²) in [6.45, 7) is 2.24. The molecule has 144 valence electrons. The van der Waals surface area contributed by atoms with Crippen molar-refractivity contribution in [2.75, 3.05) is 0 Å². The third-order valence-corrected chi connectivity index (χ3v) is 4.22. The van der Waals surface area contributed by atoms with Crippen molar-refractivity contribution in [1.82, 2.24) is 0 Å². The predicted molar refractivity (Wildman–Crippen MR) is 103 cm³/mol. The van der Waals surface area contributed by atoms with Gasteiger partial charge in [0.25, 0.3) is 0 Å². The van der Waals surface area contributed by atoms with Gasteiger partial charge in [-0.25, -0.2) is 4.79 Å². The molecule has 0 radical (unpaired) electrons. The van der Waals surface area contributed by atoms with Crippen LogP contribution < -0.4 is 0 Å². The molecule has 0 aliphatic heterocycles. The lowest BCUT2D eigenvalue weighted by Crippen LogP contribution is -2.06. The van der Waals surface area contributed by atoms with Crippen molar-refractivity contribution in [1.29, 1.82) is 0 Å². The fourth-order valence-corrected chi connectivity index (χ4v) is 2.71. The van der Waals surface area contributed by atoms with Crippen molar-refractivity contribution in [3.8, 4) is 0 Å². The third kappa shape index (κ3) is 17.0. The average Bonchev–Trinajstić information content (AvgIpc) is 2.56. The lowest BCUT2D eigenvalue weighted by molar-refractivity contribution is -0.139. The second-order valence-corrected chi connectivity index (χ2v) is 6.62. The molecule has 0 rings (SSSR count). The zero-order valence-corrected chi connectivity index (χ0v) is 15.8. The minimum absolute atomic E-state index is 0.00914. The van der Waals surface area contributed by atoms with E-state index in [0.29, 0.717) is 6.42 Å². The first-order chi connectivity index (χ1) is 12.1. The lowest BCUT2D eigenvalue weighted by Gasteiger charge is -2.00. The van der Waals surface area contributed by atoms with Crippen LogP contribution in [-0.4, -0.2) is 22.2 Å². The van der Waals surface area contributed by atoms with Crippen LogP contribution in [-0.2, 0) is 9.59 Å². The summed E-state index contributed by atoms with van der Waals surface area (Å²) in [5.74, 6) is -2.22. The van der Waals surface area contributed by atoms with Crippen LogP contribution in [0.3, 0.4) is 0 Å². The van der Waals surface area contributed by atoms with E-state index in [1.165, 1.54) is 44.9 Å². The van der Waals surface area contributed by atoms with Gasteiger partial charge in [-0.05, 0) is 38.5 Å². The quantitative estimate of drug-likeness (QED) is 0.188. The fraction of sp³-hybridized carbons (Fsp3) is 0.714. The second-order valence-electron chi connectivity index (χ2n) is 6.62. The Bertz CT molecular complexity index is 410. The number of allylic oxidation sites excluding steroid dienone is 3. The fourth-order valence-electron chi connectivity index (χ4n) is 2.71. The van der Waals surface area contributed by atoms with Gasteiger partial charge < -0.3 is 10.2 Å². The topological polar surface area (TPSA) is 74.6 Å². The molecule has 0 aliphatic rings. The summed E-state index contributed by atoms with van der Waals surface area (Å²) in [5.41, 5.74) is -0.00914. The largest absolute Gasteiger partial charge is 0.481 e. The Morgan fingerprint density at radius 2 is 1.20 bits per heavy atom.